The molecular weight excluding hydrogens is 238 g/mol. The first-order valence-corrected chi connectivity index (χ1v) is 7.73. The van der Waals surface area contributed by atoms with Crippen molar-refractivity contribution < 1.29 is 4.74 Å². The van der Waals surface area contributed by atoms with Gasteiger partial charge in [-0.2, -0.15) is 0 Å². The quantitative estimate of drug-likeness (QED) is 0.907. The predicted octanol–water partition coefficient (Wildman–Crippen LogP) is 2.51. The van der Waals surface area contributed by atoms with Crippen LogP contribution in [0.15, 0.2) is 12.5 Å². The zero-order valence-electron chi connectivity index (χ0n) is 11.8. The smallest absolute Gasteiger partial charge is 0.0948 e. The van der Waals surface area contributed by atoms with Crippen LogP contribution in [0.25, 0.3) is 0 Å². The number of nitrogens with one attached hydrogen (secondary N) is 1. The highest BCUT2D eigenvalue weighted by atomic mass is 16.5. The van der Waals surface area contributed by atoms with Crippen LogP contribution < -0.4 is 5.32 Å². The van der Waals surface area contributed by atoms with Gasteiger partial charge in [-0.15, -0.1) is 0 Å². The highest BCUT2D eigenvalue weighted by molar-refractivity contribution is 5.06. The molecule has 4 nitrogen and oxygen atoms in total. The summed E-state index contributed by atoms with van der Waals surface area (Å²) in [5.74, 6) is 0.654. The second-order valence-electron chi connectivity index (χ2n) is 5.84. The Kier molecular flexibility index (Phi) is 4.18. The molecule has 1 aromatic rings. The Balaban J connectivity index is 1.69. The summed E-state index contributed by atoms with van der Waals surface area (Å²) in [6.07, 6.45) is 10.7. The van der Waals surface area contributed by atoms with Gasteiger partial charge in [-0.05, 0) is 32.2 Å². The van der Waals surface area contributed by atoms with Crippen molar-refractivity contribution in [3.63, 3.8) is 0 Å². The molecule has 3 atom stereocenters. The third-order valence-electron chi connectivity index (χ3n) is 4.59. The van der Waals surface area contributed by atoms with Gasteiger partial charge in [-0.1, -0.05) is 13.3 Å². The summed E-state index contributed by atoms with van der Waals surface area (Å²) in [7, 11) is 0. The average molecular weight is 263 g/mol. The van der Waals surface area contributed by atoms with Crippen molar-refractivity contribution in [1.29, 1.82) is 0 Å². The minimum Gasteiger partial charge on any atom is -0.378 e. The maximum absolute atomic E-state index is 5.80. The molecule has 0 saturated carbocycles. The Labute approximate surface area is 115 Å². The lowest BCUT2D eigenvalue weighted by atomic mass is 9.98. The van der Waals surface area contributed by atoms with Crippen LogP contribution in [0.4, 0.5) is 0 Å². The fourth-order valence-corrected chi connectivity index (χ4v) is 3.48. The Morgan fingerprint density at radius 3 is 3.16 bits per heavy atom. The summed E-state index contributed by atoms with van der Waals surface area (Å²) in [5, 5.41) is 3.62. The summed E-state index contributed by atoms with van der Waals surface area (Å²) in [5.41, 5.74) is 1.36. The van der Waals surface area contributed by atoms with Crippen LogP contribution in [0, 0.1) is 5.92 Å². The number of nitrogens with zero attached hydrogens (tertiary/aromatic N) is 2. The van der Waals surface area contributed by atoms with Gasteiger partial charge < -0.3 is 14.6 Å². The molecule has 1 aromatic heterocycles. The molecule has 0 aliphatic carbocycles. The molecule has 0 bridgehead atoms. The lowest BCUT2D eigenvalue weighted by Crippen LogP contribution is -2.29. The number of ether oxygens (including phenoxy) is 1. The van der Waals surface area contributed by atoms with E-state index in [2.05, 4.69) is 21.8 Å². The number of aromatic nitrogens is 2. The van der Waals surface area contributed by atoms with E-state index < -0.39 is 0 Å². The molecule has 3 heterocycles. The summed E-state index contributed by atoms with van der Waals surface area (Å²) in [4.78, 5) is 4.37. The maximum Gasteiger partial charge on any atom is 0.0948 e. The fraction of sp³-hybridized carbons (Fsp3) is 0.800. The monoisotopic (exact) mass is 263 g/mol. The highest BCUT2D eigenvalue weighted by Crippen LogP contribution is 2.28. The minimum absolute atomic E-state index is 0.439. The Morgan fingerprint density at radius 2 is 2.37 bits per heavy atom. The van der Waals surface area contributed by atoms with Crippen molar-refractivity contribution in [1.82, 2.24) is 14.9 Å². The van der Waals surface area contributed by atoms with Gasteiger partial charge in [0.2, 0.25) is 0 Å². The zero-order valence-corrected chi connectivity index (χ0v) is 11.8. The normalized spacial score (nSPS) is 31.7. The van der Waals surface area contributed by atoms with Crippen molar-refractivity contribution in [3.05, 3.63) is 18.2 Å². The van der Waals surface area contributed by atoms with E-state index in [0.29, 0.717) is 18.1 Å². The molecule has 0 aromatic carbocycles. The van der Waals surface area contributed by atoms with Crippen LogP contribution in [-0.2, 0) is 11.3 Å². The van der Waals surface area contributed by atoms with E-state index in [0.717, 1.165) is 26.1 Å². The lowest BCUT2D eigenvalue weighted by molar-refractivity contribution is 0.0831. The van der Waals surface area contributed by atoms with E-state index in [9.17, 15) is 0 Å². The second kappa shape index (κ2) is 6.06. The first-order chi connectivity index (χ1) is 9.38. The maximum atomic E-state index is 5.80. The van der Waals surface area contributed by atoms with Crippen LogP contribution in [0.1, 0.15) is 50.8 Å². The van der Waals surface area contributed by atoms with Crippen molar-refractivity contribution in [2.45, 2.75) is 57.7 Å². The molecule has 1 N–H and O–H groups in total. The van der Waals surface area contributed by atoms with Crippen LogP contribution in [0.3, 0.4) is 0 Å². The third kappa shape index (κ3) is 2.84. The van der Waals surface area contributed by atoms with Crippen molar-refractivity contribution in [2.75, 3.05) is 13.2 Å². The average Bonchev–Trinajstić information content (AvgIpc) is 3.09. The summed E-state index contributed by atoms with van der Waals surface area (Å²) >= 11 is 0. The molecular formula is C15H25N3O. The van der Waals surface area contributed by atoms with Gasteiger partial charge in [0.15, 0.2) is 0 Å². The molecule has 2 fully saturated rings. The molecule has 3 rings (SSSR count). The van der Waals surface area contributed by atoms with Gasteiger partial charge in [0.1, 0.15) is 0 Å². The molecule has 106 valence electrons. The highest BCUT2D eigenvalue weighted by Gasteiger charge is 2.28. The van der Waals surface area contributed by atoms with Gasteiger partial charge in [0, 0.05) is 31.3 Å². The lowest BCUT2D eigenvalue weighted by Gasteiger charge is -2.26. The van der Waals surface area contributed by atoms with Crippen LogP contribution in [-0.4, -0.2) is 28.8 Å². The minimum atomic E-state index is 0.439. The molecule has 2 aliphatic heterocycles. The second-order valence-corrected chi connectivity index (χ2v) is 5.84. The molecule has 0 spiro atoms. The van der Waals surface area contributed by atoms with Gasteiger partial charge >= 0.3 is 0 Å². The molecule has 2 saturated heterocycles. The zero-order chi connectivity index (χ0) is 13.1. The molecule has 0 amide bonds. The van der Waals surface area contributed by atoms with E-state index in [-0.39, 0.29) is 0 Å². The number of hydrogen-bond donors (Lipinski definition) is 1. The summed E-state index contributed by atoms with van der Waals surface area (Å²) in [6.45, 7) is 5.35. The Bertz CT molecular complexity index is 398. The van der Waals surface area contributed by atoms with E-state index in [1.807, 2.05) is 12.5 Å². The molecule has 3 unspecified atom stereocenters. The van der Waals surface area contributed by atoms with E-state index in [4.69, 9.17) is 4.74 Å². The molecule has 2 aliphatic rings. The van der Waals surface area contributed by atoms with Crippen LogP contribution in [0.5, 0.6) is 0 Å². The van der Waals surface area contributed by atoms with Gasteiger partial charge in [-0.25, -0.2) is 4.98 Å². The van der Waals surface area contributed by atoms with E-state index in [1.54, 1.807) is 0 Å². The topological polar surface area (TPSA) is 39.1 Å². The molecule has 0 radical (unpaired) electrons. The van der Waals surface area contributed by atoms with Crippen molar-refractivity contribution >= 4 is 0 Å². The first-order valence-electron chi connectivity index (χ1n) is 7.73. The van der Waals surface area contributed by atoms with E-state index in [1.165, 1.54) is 31.4 Å². The predicted molar refractivity (Wildman–Crippen MR) is 75.0 cm³/mol. The van der Waals surface area contributed by atoms with Crippen molar-refractivity contribution in [3.8, 4) is 0 Å². The number of hydrogen-bond acceptors (Lipinski definition) is 3. The summed E-state index contributed by atoms with van der Waals surface area (Å²) < 4.78 is 8.15. The molecule has 19 heavy (non-hydrogen) atoms. The van der Waals surface area contributed by atoms with Crippen LogP contribution in [0.2, 0.25) is 0 Å². The SMILES string of the molecule is CCC1OCCC1Cn1cncc1C1CCCCN1. The first kappa shape index (κ1) is 13.1. The Hall–Kier alpha value is -0.870. The van der Waals surface area contributed by atoms with E-state index >= 15 is 0 Å². The van der Waals surface area contributed by atoms with Crippen LogP contribution >= 0.6 is 0 Å². The van der Waals surface area contributed by atoms with Gasteiger partial charge in [-0.3, -0.25) is 0 Å². The number of piperidine rings is 1. The Morgan fingerprint density at radius 1 is 1.42 bits per heavy atom. The molecule has 4 heteroatoms. The standard InChI is InChI=1S/C15H25N3O/c1-2-15-12(6-8-19-15)10-18-11-16-9-14(18)13-5-3-4-7-17-13/h9,11-13,15,17H,2-8,10H2,1H3. The van der Waals surface area contributed by atoms with Gasteiger partial charge in [0.05, 0.1) is 18.1 Å². The number of rotatable bonds is 4. The fourth-order valence-electron chi connectivity index (χ4n) is 3.48. The number of imidazole rings is 1. The summed E-state index contributed by atoms with van der Waals surface area (Å²) in [6, 6.07) is 0.499. The largest absolute Gasteiger partial charge is 0.378 e. The third-order valence-corrected chi connectivity index (χ3v) is 4.59. The van der Waals surface area contributed by atoms with Gasteiger partial charge in [0.25, 0.3) is 0 Å². The van der Waals surface area contributed by atoms with Crippen molar-refractivity contribution in [2.24, 2.45) is 5.92 Å².